The fourth-order valence-corrected chi connectivity index (χ4v) is 3.36. The summed E-state index contributed by atoms with van der Waals surface area (Å²) in [5, 5.41) is 6.64. The Balaban J connectivity index is 1.37. The van der Waals surface area contributed by atoms with Crippen molar-refractivity contribution in [3.05, 3.63) is 17.5 Å². The largest absolute Gasteiger partial charge is 0.360 e. The van der Waals surface area contributed by atoms with Gasteiger partial charge < -0.3 is 14.7 Å². The Morgan fingerprint density at radius 3 is 2.40 bits per heavy atom. The molecular weight excluding hydrogens is 322 g/mol. The van der Waals surface area contributed by atoms with Gasteiger partial charge in [0.15, 0.2) is 5.76 Å². The molecular formula is C17H27N5O3. The van der Waals surface area contributed by atoms with Crippen LogP contribution < -0.4 is 5.32 Å². The average molecular weight is 349 g/mol. The van der Waals surface area contributed by atoms with E-state index in [0.717, 1.165) is 57.1 Å². The van der Waals surface area contributed by atoms with Crippen LogP contribution in [0.15, 0.2) is 10.6 Å². The van der Waals surface area contributed by atoms with Gasteiger partial charge in [-0.15, -0.1) is 0 Å². The highest BCUT2D eigenvalue weighted by atomic mass is 16.5. The first kappa shape index (κ1) is 17.9. The quantitative estimate of drug-likeness (QED) is 0.766. The van der Waals surface area contributed by atoms with Crippen LogP contribution in [-0.4, -0.2) is 76.6 Å². The van der Waals surface area contributed by atoms with Gasteiger partial charge in [-0.2, -0.15) is 0 Å². The Hall–Kier alpha value is -1.93. The number of hydrogen-bond donors (Lipinski definition) is 1. The number of nitrogens with zero attached hydrogens (tertiary/aromatic N) is 4. The molecule has 0 atom stereocenters. The molecule has 0 bridgehead atoms. The van der Waals surface area contributed by atoms with Gasteiger partial charge in [0.1, 0.15) is 5.54 Å². The summed E-state index contributed by atoms with van der Waals surface area (Å²) in [6, 6.07) is 1.70. The third-order valence-electron chi connectivity index (χ3n) is 4.82. The lowest BCUT2D eigenvalue weighted by molar-refractivity contribution is -0.130. The molecule has 0 aliphatic carbocycles. The second kappa shape index (κ2) is 7.13. The molecule has 1 aromatic rings. The molecule has 8 heteroatoms. The zero-order valence-electron chi connectivity index (χ0n) is 15.2. The van der Waals surface area contributed by atoms with E-state index < -0.39 is 5.54 Å². The number of aromatic nitrogens is 1. The lowest BCUT2D eigenvalue weighted by Crippen LogP contribution is -2.46. The van der Waals surface area contributed by atoms with Gasteiger partial charge in [-0.25, -0.2) is 4.79 Å². The fourth-order valence-electron chi connectivity index (χ4n) is 3.36. The molecule has 138 valence electrons. The number of carbonyl (C=O) groups excluding carboxylic acids is 2. The molecule has 1 aromatic heterocycles. The SMILES string of the molecule is Cc1cc(CN2CCN(CCCN3C(=O)NC(C)(C)C3=O)CC2)on1. The highest BCUT2D eigenvalue weighted by molar-refractivity contribution is 6.06. The number of rotatable bonds is 6. The van der Waals surface area contributed by atoms with Crippen LogP contribution in [0.2, 0.25) is 0 Å². The first-order chi connectivity index (χ1) is 11.8. The maximum atomic E-state index is 12.1. The van der Waals surface area contributed by atoms with Gasteiger partial charge in [-0.05, 0) is 33.7 Å². The predicted octanol–water partition coefficient (Wildman–Crippen LogP) is 0.821. The van der Waals surface area contributed by atoms with E-state index in [-0.39, 0.29) is 11.9 Å². The molecule has 0 spiro atoms. The second-order valence-electron chi connectivity index (χ2n) is 7.42. The van der Waals surface area contributed by atoms with E-state index in [2.05, 4.69) is 20.3 Å². The molecule has 2 saturated heterocycles. The molecule has 8 nitrogen and oxygen atoms in total. The molecule has 3 rings (SSSR count). The minimum atomic E-state index is -0.776. The van der Waals surface area contributed by atoms with E-state index in [0.29, 0.717) is 6.54 Å². The number of nitrogens with one attached hydrogen (secondary N) is 1. The van der Waals surface area contributed by atoms with Gasteiger partial charge in [0.2, 0.25) is 0 Å². The Labute approximate surface area is 148 Å². The maximum Gasteiger partial charge on any atom is 0.325 e. The lowest BCUT2D eigenvalue weighted by Gasteiger charge is -2.34. The number of imide groups is 1. The number of carbonyl (C=O) groups is 2. The molecule has 25 heavy (non-hydrogen) atoms. The Kier molecular flexibility index (Phi) is 5.10. The molecule has 0 saturated carbocycles. The fraction of sp³-hybridized carbons (Fsp3) is 0.706. The Morgan fingerprint density at radius 1 is 1.16 bits per heavy atom. The first-order valence-electron chi connectivity index (χ1n) is 8.86. The van der Waals surface area contributed by atoms with Gasteiger partial charge in [-0.3, -0.25) is 14.6 Å². The van der Waals surface area contributed by atoms with Gasteiger partial charge in [0.05, 0.1) is 12.2 Å². The van der Waals surface area contributed by atoms with Gasteiger partial charge in [0, 0.05) is 38.8 Å². The van der Waals surface area contributed by atoms with Gasteiger partial charge in [0.25, 0.3) is 5.91 Å². The van der Waals surface area contributed by atoms with Crippen molar-refractivity contribution in [3.63, 3.8) is 0 Å². The van der Waals surface area contributed by atoms with Crippen molar-refractivity contribution in [2.75, 3.05) is 39.3 Å². The minimum Gasteiger partial charge on any atom is -0.360 e. The number of piperazine rings is 1. The first-order valence-corrected chi connectivity index (χ1v) is 8.86. The van der Waals surface area contributed by atoms with Crippen LogP contribution in [0.1, 0.15) is 31.7 Å². The van der Waals surface area contributed by atoms with E-state index in [9.17, 15) is 9.59 Å². The second-order valence-corrected chi connectivity index (χ2v) is 7.42. The van der Waals surface area contributed by atoms with Crippen LogP contribution in [0.3, 0.4) is 0 Å². The molecule has 3 amide bonds. The summed E-state index contributed by atoms with van der Waals surface area (Å²) in [7, 11) is 0. The van der Waals surface area contributed by atoms with E-state index in [1.54, 1.807) is 13.8 Å². The number of urea groups is 1. The highest BCUT2D eigenvalue weighted by Gasteiger charge is 2.43. The van der Waals surface area contributed by atoms with Crippen LogP contribution in [0.5, 0.6) is 0 Å². The molecule has 2 aliphatic heterocycles. The van der Waals surface area contributed by atoms with Crippen molar-refractivity contribution in [1.29, 1.82) is 0 Å². The van der Waals surface area contributed by atoms with E-state index in [1.807, 2.05) is 13.0 Å². The Bertz CT molecular complexity index is 634. The van der Waals surface area contributed by atoms with Crippen molar-refractivity contribution in [2.45, 2.75) is 39.3 Å². The average Bonchev–Trinajstić information content (AvgIpc) is 3.04. The third kappa shape index (κ3) is 4.19. The van der Waals surface area contributed by atoms with Crippen molar-refractivity contribution in [3.8, 4) is 0 Å². The van der Waals surface area contributed by atoms with Crippen molar-refractivity contribution < 1.29 is 14.1 Å². The molecule has 1 N–H and O–H groups in total. The van der Waals surface area contributed by atoms with E-state index in [1.165, 1.54) is 4.90 Å². The van der Waals surface area contributed by atoms with Crippen LogP contribution in [-0.2, 0) is 11.3 Å². The summed E-state index contributed by atoms with van der Waals surface area (Å²) in [6.07, 6.45) is 0.802. The van der Waals surface area contributed by atoms with E-state index >= 15 is 0 Å². The number of amides is 3. The van der Waals surface area contributed by atoms with Crippen LogP contribution >= 0.6 is 0 Å². The summed E-state index contributed by atoms with van der Waals surface area (Å²) in [4.78, 5) is 30.1. The maximum absolute atomic E-state index is 12.1. The van der Waals surface area contributed by atoms with Crippen molar-refractivity contribution in [1.82, 2.24) is 25.2 Å². The molecule has 0 aromatic carbocycles. The third-order valence-corrected chi connectivity index (χ3v) is 4.82. The summed E-state index contributed by atoms with van der Waals surface area (Å²) in [5.74, 6) is 0.775. The monoisotopic (exact) mass is 349 g/mol. The Morgan fingerprint density at radius 2 is 1.84 bits per heavy atom. The normalized spacial score (nSPS) is 21.8. The van der Waals surface area contributed by atoms with Gasteiger partial charge >= 0.3 is 6.03 Å². The van der Waals surface area contributed by atoms with Crippen LogP contribution in [0.25, 0.3) is 0 Å². The highest BCUT2D eigenvalue weighted by Crippen LogP contribution is 2.17. The number of hydrogen-bond acceptors (Lipinski definition) is 6. The minimum absolute atomic E-state index is 0.135. The van der Waals surface area contributed by atoms with Crippen LogP contribution in [0.4, 0.5) is 4.79 Å². The van der Waals surface area contributed by atoms with Crippen molar-refractivity contribution >= 4 is 11.9 Å². The van der Waals surface area contributed by atoms with Crippen molar-refractivity contribution in [2.24, 2.45) is 0 Å². The topological polar surface area (TPSA) is 81.9 Å². The number of aryl methyl sites for hydroxylation is 1. The molecule has 0 unspecified atom stereocenters. The molecule has 3 heterocycles. The summed E-state index contributed by atoms with van der Waals surface area (Å²) in [6.45, 7) is 11.5. The summed E-state index contributed by atoms with van der Waals surface area (Å²) >= 11 is 0. The molecule has 2 aliphatic rings. The molecule has 0 radical (unpaired) electrons. The zero-order chi connectivity index (χ0) is 18.0. The lowest BCUT2D eigenvalue weighted by atomic mass is 10.1. The molecule has 2 fully saturated rings. The summed E-state index contributed by atoms with van der Waals surface area (Å²) in [5.41, 5.74) is 0.138. The van der Waals surface area contributed by atoms with Gasteiger partial charge in [-0.1, -0.05) is 5.16 Å². The standard InChI is InChI=1S/C17H27N5O3/c1-13-11-14(25-19-13)12-21-9-7-20(8-10-21)5-4-6-22-15(23)17(2,3)18-16(22)24/h11H,4-10,12H2,1-3H3,(H,18,24). The predicted molar refractivity (Wildman–Crippen MR) is 91.9 cm³/mol. The van der Waals surface area contributed by atoms with Crippen LogP contribution in [0, 0.1) is 6.92 Å². The zero-order valence-corrected chi connectivity index (χ0v) is 15.2. The summed E-state index contributed by atoms with van der Waals surface area (Å²) < 4.78 is 5.27. The van der Waals surface area contributed by atoms with E-state index in [4.69, 9.17) is 4.52 Å². The smallest absolute Gasteiger partial charge is 0.325 e.